The van der Waals surface area contributed by atoms with Gasteiger partial charge in [-0.05, 0) is 31.1 Å². The van der Waals surface area contributed by atoms with E-state index in [9.17, 15) is 9.59 Å². The molecule has 0 radical (unpaired) electrons. The molecule has 34 heavy (non-hydrogen) atoms. The Bertz CT molecular complexity index is 1420. The molecule has 0 aliphatic carbocycles. The number of para-hydroxylation sites is 1. The van der Waals surface area contributed by atoms with Crippen LogP contribution < -0.4 is 24.4 Å². The number of rotatable bonds is 7. The maximum Gasteiger partial charge on any atom is 0.338 e. The summed E-state index contributed by atoms with van der Waals surface area (Å²) in [7, 11) is 2.88. The highest BCUT2D eigenvalue weighted by Gasteiger charge is 2.35. The molecular weight excluding hydrogens is 452 g/mol. The van der Waals surface area contributed by atoms with Gasteiger partial charge < -0.3 is 14.2 Å². The fraction of sp³-hybridized carbons (Fsp3) is 0.269. The molecule has 2 heterocycles. The molecule has 1 aromatic heterocycles. The fourth-order valence-corrected chi connectivity index (χ4v) is 5.00. The standard InChI is InChI=1S/C26H26N2O5S/c1-5-14-33-23-18(12-9-13-19(23)31-3)22-21(25(30)32-4)16(2)27-26-28(22)24(29)20(34-26)15-17-10-7-6-8-11-17/h6-13,15,22H,5,14H2,1-4H3/b20-15-. The predicted molar refractivity (Wildman–Crippen MR) is 131 cm³/mol. The van der Waals surface area contributed by atoms with Crippen LogP contribution in [0, 0.1) is 0 Å². The number of fused-ring (bicyclic) bond motifs is 1. The van der Waals surface area contributed by atoms with Crippen LogP contribution in [0.1, 0.15) is 37.4 Å². The van der Waals surface area contributed by atoms with E-state index in [0.717, 1.165) is 12.0 Å². The third kappa shape index (κ3) is 4.28. The van der Waals surface area contributed by atoms with Gasteiger partial charge in [0.15, 0.2) is 16.3 Å². The van der Waals surface area contributed by atoms with E-state index in [1.807, 2.05) is 55.5 Å². The van der Waals surface area contributed by atoms with Gasteiger partial charge in [0.25, 0.3) is 5.56 Å². The van der Waals surface area contributed by atoms with E-state index in [1.54, 1.807) is 24.7 Å². The van der Waals surface area contributed by atoms with Crippen molar-refractivity contribution in [1.82, 2.24) is 4.57 Å². The first-order chi connectivity index (χ1) is 16.5. The molecule has 4 rings (SSSR count). The Hall–Kier alpha value is -3.65. The quantitative estimate of drug-likeness (QED) is 0.488. The highest BCUT2D eigenvalue weighted by atomic mass is 32.1. The number of ether oxygens (including phenoxy) is 3. The van der Waals surface area contributed by atoms with Gasteiger partial charge in [0.1, 0.15) is 6.04 Å². The molecule has 0 saturated heterocycles. The van der Waals surface area contributed by atoms with Crippen molar-refractivity contribution in [3.05, 3.63) is 90.6 Å². The fourth-order valence-electron chi connectivity index (χ4n) is 3.95. The van der Waals surface area contributed by atoms with Crippen molar-refractivity contribution in [2.75, 3.05) is 20.8 Å². The molecular formula is C26H26N2O5S. The highest BCUT2D eigenvalue weighted by Crippen LogP contribution is 2.40. The second-order valence-electron chi connectivity index (χ2n) is 7.71. The molecule has 1 atom stereocenters. The lowest BCUT2D eigenvalue weighted by Crippen LogP contribution is -2.40. The number of hydrogen-bond acceptors (Lipinski definition) is 7. The predicted octanol–water partition coefficient (Wildman–Crippen LogP) is 3.21. The molecule has 0 N–H and O–H groups in total. The molecule has 0 spiro atoms. The summed E-state index contributed by atoms with van der Waals surface area (Å²) >= 11 is 1.28. The number of allylic oxidation sites excluding steroid dienone is 1. The zero-order chi connectivity index (χ0) is 24.2. The van der Waals surface area contributed by atoms with E-state index < -0.39 is 12.0 Å². The van der Waals surface area contributed by atoms with Gasteiger partial charge in [-0.2, -0.15) is 0 Å². The van der Waals surface area contributed by atoms with E-state index in [4.69, 9.17) is 14.2 Å². The van der Waals surface area contributed by atoms with Gasteiger partial charge >= 0.3 is 5.97 Å². The lowest BCUT2D eigenvalue weighted by Gasteiger charge is -2.26. The van der Waals surface area contributed by atoms with Gasteiger partial charge in [0.2, 0.25) is 0 Å². The van der Waals surface area contributed by atoms with Crippen LogP contribution in [-0.4, -0.2) is 31.4 Å². The molecule has 1 aliphatic heterocycles. The van der Waals surface area contributed by atoms with Crippen LogP contribution in [0.5, 0.6) is 11.5 Å². The summed E-state index contributed by atoms with van der Waals surface area (Å²) in [6.45, 7) is 4.21. The van der Waals surface area contributed by atoms with E-state index in [-0.39, 0.29) is 11.1 Å². The molecule has 0 bridgehead atoms. The molecule has 7 nitrogen and oxygen atoms in total. The first-order valence-electron chi connectivity index (χ1n) is 11.0. The third-order valence-electron chi connectivity index (χ3n) is 5.50. The second-order valence-corrected chi connectivity index (χ2v) is 8.72. The minimum atomic E-state index is -0.774. The van der Waals surface area contributed by atoms with Crippen LogP contribution in [0.4, 0.5) is 0 Å². The van der Waals surface area contributed by atoms with Crippen molar-refractivity contribution in [3.63, 3.8) is 0 Å². The lowest BCUT2D eigenvalue weighted by molar-refractivity contribution is -0.136. The molecule has 0 amide bonds. The van der Waals surface area contributed by atoms with Crippen LogP contribution in [0.15, 0.2) is 69.6 Å². The number of methoxy groups -OCH3 is 2. The van der Waals surface area contributed by atoms with E-state index in [2.05, 4.69) is 4.99 Å². The molecule has 0 fully saturated rings. The molecule has 0 saturated carbocycles. The first kappa shape index (κ1) is 23.5. The highest BCUT2D eigenvalue weighted by molar-refractivity contribution is 7.07. The summed E-state index contributed by atoms with van der Waals surface area (Å²) in [4.78, 5) is 31.7. The number of nitrogens with zero attached hydrogens (tertiary/aromatic N) is 2. The van der Waals surface area contributed by atoms with Crippen LogP contribution in [0.2, 0.25) is 0 Å². The van der Waals surface area contributed by atoms with Crippen molar-refractivity contribution in [2.45, 2.75) is 26.3 Å². The number of hydrogen-bond donors (Lipinski definition) is 0. The van der Waals surface area contributed by atoms with Gasteiger partial charge in [-0.1, -0.05) is 60.7 Å². The molecule has 2 aromatic carbocycles. The summed E-state index contributed by atoms with van der Waals surface area (Å²) in [5.41, 5.74) is 2.08. The van der Waals surface area contributed by atoms with Crippen molar-refractivity contribution < 1.29 is 19.0 Å². The summed E-state index contributed by atoms with van der Waals surface area (Å²) in [6, 6.07) is 14.3. The monoisotopic (exact) mass is 478 g/mol. The van der Waals surface area contributed by atoms with E-state index in [1.165, 1.54) is 18.4 Å². The van der Waals surface area contributed by atoms with Gasteiger partial charge in [-0.25, -0.2) is 9.79 Å². The van der Waals surface area contributed by atoms with E-state index in [0.29, 0.717) is 38.7 Å². The molecule has 1 unspecified atom stereocenters. The van der Waals surface area contributed by atoms with Crippen LogP contribution >= 0.6 is 11.3 Å². The normalized spacial score (nSPS) is 15.5. The zero-order valence-corrected chi connectivity index (χ0v) is 20.3. The van der Waals surface area contributed by atoms with Crippen molar-refractivity contribution in [1.29, 1.82) is 0 Å². The Kier molecular flexibility index (Phi) is 6.98. The molecule has 8 heteroatoms. The third-order valence-corrected chi connectivity index (χ3v) is 6.48. The van der Waals surface area contributed by atoms with Gasteiger partial charge in [-0.3, -0.25) is 9.36 Å². The molecule has 1 aliphatic rings. The van der Waals surface area contributed by atoms with Gasteiger partial charge in [0, 0.05) is 5.56 Å². The van der Waals surface area contributed by atoms with Crippen molar-refractivity contribution >= 4 is 23.4 Å². The number of carbonyl (C=O) groups excluding carboxylic acids is 1. The SMILES string of the molecule is CCCOc1c(OC)cccc1C1C(C(=O)OC)=C(C)N=c2s/c(=C\c3ccccc3)c(=O)n21. The minimum Gasteiger partial charge on any atom is -0.493 e. The Labute approximate surface area is 201 Å². The summed E-state index contributed by atoms with van der Waals surface area (Å²) < 4.78 is 18.8. The first-order valence-corrected chi connectivity index (χ1v) is 11.8. The summed E-state index contributed by atoms with van der Waals surface area (Å²) in [5.74, 6) is 0.467. The van der Waals surface area contributed by atoms with Crippen molar-refractivity contribution in [3.8, 4) is 11.5 Å². The van der Waals surface area contributed by atoms with Gasteiger partial charge in [0.05, 0.1) is 36.6 Å². The Balaban J connectivity index is 2.02. The molecule has 176 valence electrons. The number of aromatic nitrogens is 1. The van der Waals surface area contributed by atoms with Crippen LogP contribution in [-0.2, 0) is 9.53 Å². The average Bonchev–Trinajstić information content (AvgIpc) is 3.16. The Morgan fingerprint density at radius 1 is 1.15 bits per heavy atom. The second kappa shape index (κ2) is 10.1. The minimum absolute atomic E-state index is 0.240. The maximum absolute atomic E-state index is 13.7. The number of carbonyl (C=O) groups is 1. The Morgan fingerprint density at radius 3 is 2.59 bits per heavy atom. The Morgan fingerprint density at radius 2 is 1.91 bits per heavy atom. The zero-order valence-electron chi connectivity index (χ0n) is 19.5. The smallest absolute Gasteiger partial charge is 0.338 e. The van der Waals surface area contributed by atoms with Gasteiger partial charge in [-0.15, -0.1) is 0 Å². The lowest BCUT2D eigenvalue weighted by atomic mass is 9.94. The molecule has 3 aromatic rings. The number of esters is 1. The van der Waals surface area contributed by atoms with E-state index >= 15 is 0 Å². The maximum atomic E-state index is 13.7. The summed E-state index contributed by atoms with van der Waals surface area (Å²) in [5, 5.41) is 0. The largest absolute Gasteiger partial charge is 0.493 e. The van der Waals surface area contributed by atoms with Crippen LogP contribution in [0.3, 0.4) is 0 Å². The number of benzene rings is 2. The summed E-state index contributed by atoms with van der Waals surface area (Å²) in [6.07, 6.45) is 2.62. The van der Waals surface area contributed by atoms with Crippen LogP contribution in [0.25, 0.3) is 6.08 Å². The van der Waals surface area contributed by atoms with Crippen molar-refractivity contribution in [2.24, 2.45) is 4.99 Å². The average molecular weight is 479 g/mol. The number of thiazole rings is 1. The topological polar surface area (TPSA) is 79.1 Å².